The lowest BCUT2D eigenvalue weighted by molar-refractivity contribution is 0.0990. The molecule has 0 aliphatic rings. The average Bonchev–Trinajstić information content (AvgIpc) is 2.67. The predicted molar refractivity (Wildman–Crippen MR) is 77.6 cm³/mol. The van der Waals surface area contributed by atoms with Crippen molar-refractivity contribution in [2.75, 3.05) is 0 Å². The molecule has 100 valence electrons. The van der Waals surface area contributed by atoms with Gasteiger partial charge in [-0.2, -0.15) is 5.10 Å². The largest absolute Gasteiger partial charge is 0.294 e. The fourth-order valence-electron chi connectivity index (χ4n) is 1.81. The van der Waals surface area contributed by atoms with E-state index in [2.05, 4.69) is 26.0 Å². The maximum Gasteiger partial charge on any atom is 0.170 e. The molecule has 0 aliphatic carbocycles. The molecule has 0 fully saturated rings. The second kappa shape index (κ2) is 5.84. The highest BCUT2D eigenvalue weighted by atomic mass is 79.9. The summed E-state index contributed by atoms with van der Waals surface area (Å²) >= 11 is 9.21. The standard InChI is InChI=1S/C13H13BrClN3O/c1-3-9-13(14)10(18(2)17-9)6-11(19)8-4-5-12(15)16-7-8/h4-5,7H,3,6H2,1-2H3. The van der Waals surface area contributed by atoms with Crippen molar-refractivity contribution in [1.29, 1.82) is 0 Å². The molecule has 2 rings (SSSR count). The molecule has 2 aromatic heterocycles. The molecule has 19 heavy (non-hydrogen) atoms. The molecule has 0 aromatic carbocycles. The highest BCUT2D eigenvalue weighted by Crippen LogP contribution is 2.23. The number of halogens is 2. The van der Waals surface area contributed by atoms with E-state index in [0.717, 1.165) is 22.3 Å². The minimum absolute atomic E-state index is 0.00415. The van der Waals surface area contributed by atoms with E-state index >= 15 is 0 Å². The second-order valence-corrected chi connectivity index (χ2v) is 5.33. The van der Waals surface area contributed by atoms with Gasteiger partial charge in [-0.3, -0.25) is 9.48 Å². The summed E-state index contributed by atoms with van der Waals surface area (Å²) in [7, 11) is 1.84. The van der Waals surface area contributed by atoms with Gasteiger partial charge in [0.25, 0.3) is 0 Å². The Labute approximate surface area is 124 Å². The van der Waals surface area contributed by atoms with E-state index in [1.807, 2.05) is 14.0 Å². The number of pyridine rings is 1. The molecule has 0 radical (unpaired) electrons. The zero-order chi connectivity index (χ0) is 14.0. The third-order valence-corrected chi connectivity index (χ3v) is 4.02. The first-order chi connectivity index (χ1) is 9.02. The lowest BCUT2D eigenvalue weighted by Crippen LogP contribution is -2.08. The Balaban J connectivity index is 2.24. The highest BCUT2D eigenvalue weighted by Gasteiger charge is 2.16. The first kappa shape index (κ1) is 14.2. The summed E-state index contributed by atoms with van der Waals surface area (Å²) in [6.45, 7) is 2.03. The third kappa shape index (κ3) is 3.04. The minimum Gasteiger partial charge on any atom is -0.294 e. The van der Waals surface area contributed by atoms with Crippen LogP contribution in [-0.4, -0.2) is 20.5 Å². The van der Waals surface area contributed by atoms with Gasteiger partial charge in [0.2, 0.25) is 0 Å². The summed E-state index contributed by atoms with van der Waals surface area (Å²) in [4.78, 5) is 16.1. The lowest BCUT2D eigenvalue weighted by Gasteiger charge is -2.03. The highest BCUT2D eigenvalue weighted by molar-refractivity contribution is 9.10. The summed E-state index contributed by atoms with van der Waals surface area (Å²) in [5, 5.41) is 4.75. The Morgan fingerprint density at radius 3 is 2.74 bits per heavy atom. The van der Waals surface area contributed by atoms with Crippen LogP contribution in [0.5, 0.6) is 0 Å². The van der Waals surface area contributed by atoms with Crippen LogP contribution >= 0.6 is 27.5 Å². The van der Waals surface area contributed by atoms with Gasteiger partial charge in [-0.25, -0.2) is 4.98 Å². The van der Waals surface area contributed by atoms with Gasteiger partial charge in [-0.15, -0.1) is 0 Å². The zero-order valence-electron chi connectivity index (χ0n) is 10.7. The van der Waals surface area contributed by atoms with E-state index in [1.165, 1.54) is 6.20 Å². The van der Waals surface area contributed by atoms with E-state index in [-0.39, 0.29) is 12.2 Å². The van der Waals surface area contributed by atoms with Crippen LogP contribution in [0.1, 0.15) is 28.7 Å². The molecule has 0 unspecified atom stereocenters. The Kier molecular flexibility index (Phi) is 4.37. The van der Waals surface area contributed by atoms with Crippen molar-refractivity contribution in [2.45, 2.75) is 19.8 Å². The van der Waals surface area contributed by atoms with Gasteiger partial charge in [-0.1, -0.05) is 18.5 Å². The van der Waals surface area contributed by atoms with Crippen LogP contribution in [0.15, 0.2) is 22.8 Å². The Hall–Kier alpha value is -1.20. The van der Waals surface area contributed by atoms with Crippen molar-refractivity contribution in [2.24, 2.45) is 7.05 Å². The first-order valence-electron chi connectivity index (χ1n) is 5.88. The Bertz CT molecular complexity index is 607. The molecule has 0 saturated heterocycles. The van der Waals surface area contributed by atoms with E-state index in [0.29, 0.717) is 10.7 Å². The van der Waals surface area contributed by atoms with Gasteiger partial charge in [0.05, 0.1) is 22.3 Å². The van der Waals surface area contributed by atoms with Crippen LogP contribution in [0.3, 0.4) is 0 Å². The average molecular weight is 343 g/mol. The summed E-state index contributed by atoms with van der Waals surface area (Å²) < 4.78 is 2.65. The van der Waals surface area contributed by atoms with Crippen molar-refractivity contribution in [3.05, 3.63) is 44.9 Å². The van der Waals surface area contributed by atoms with Crippen LogP contribution < -0.4 is 0 Å². The van der Waals surface area contributed by atoms with Crippen molar-refractivity contribution >= 4 is 33.3 Å². The predicted octanol–water partition coefficient (Wildman–Crippen LogP) is 3.22. The minimum atomic E-state index is -0.00415. The fraction of sp³-hybridized carbons (Fsp3) is 0.308. The maximum absolute atomic E-state index is 12.2. The van der Waals surface area contributed by atoms with Crippen molar-refractivity contribution in [3.8, 4) is 0 Å². The van der Waals surface area contributed by atoms with Crippen LogP contribution in [0.2, 0.25) is 5.15 Å². The topological polar surface area (TPSA) is 47.8 Å². The van der Waals surface area contributed by atoms with E-state index in [1.54, 1.807) is 16.8 Å². The molecule has 0 atom stereocenters. The number of carbonyl (C=O) groups excluding carboxylic acids is 1. The van der Waals surface area contributed by atoms with Crippen LogP contribution in [0.25, 0.3) is 0 Å². The van der Waals surface area contributed by atoms with Gasteiger partial charge < -0.3 is 0 Å². The van der Waals surface area contributed by atoms with Crippen LogP contribution in [0, 0.1) is 0 Å². The number of aryl methyl sites for hydroxylation is 2. The smallest absolute Gasteiger partial charge is 0.170 e. The molecule has 0 aliphatic heterocycles. The molecule has 4 nitrogen and oxygen atoms in total. The quantitative estimate of drug-likeness (QED) is 0.633. The molecule has 0 N–H and O–H groups in total. The summed E-state index contributed by atoms with van der Waals surface area (Å²) in [5.74, 6) is -0.00415. The molecule has 0 amide bonds. The number of hydrogen-bond acceptors (Lipinski definition) is 3. The number of hydrogen-bond donors (Lipinski definition) is 0. The normalized spacial score (nSPS) is 10.7. The van der Waals surface area contributed by atoms with Gasteiger partial charge in [0.15, 0.2) is 5.78 Å². The van der Waals surface area contributed by atoms with E-state index in [4.69, 9.17) is 11.6 Å². The van der Waals surface area contributed by atoms with Crippen LogP contribution in [-0.2, 0) is 19.9 Å². The number of rotatable bonds is 4. The van der Waals surface area contributed by atoms with Crippen LogP contribution in [0.4, 0.5) is 0 Å². The maximum atomic E-state index is 12.2. The van der Waals surface area contributed by atoms with Crippen molar-refractivity contribution in [3.63, 3.8) is 0 Å². The van der Waals surface area contributed by atoms with E-state index in [9.17, 15) is 4.79 Å². The number of aromatic nitrogens is 3. The summed E-state index contributed by atoms with van der Waals surface area (Å²) in [6.07, 6.45) is 2.61. The molecule has 2 heterocycles. The number of ketones is 1. The lowest BCUT2D eigenvalue weighted by atomic mass is 10.1. The second-order valence-electron chi connectivity index (χ2n) is 4.15. The Morgan fingerprint density at radius 1 is 1.47 bits per heavy atom. The molecule has 6 heteroatoms. The third-order valence-electron chi connectivity index (χ3n) is 2.88. The van der Waals surface area contributed by atoms with E-state index < -0.39 is 0 Å². The molecule has 2 aromatic rings. The molecule has 0 saturated carbocycles. The van der Waals surface area contributed by atoms with Gasteiger partial charge >= 0.3 is 0 Å². The van der Waals surface area contributed by atoms with Crippen molar-refractivity contribution < 1.29 is 4.79 Å². The first-order valence-corrected chi connectivity index (χ1v) is 7.05. The monoisotopic (exact) mass is 341 g/mol. The molecular weight excluding hydrogens is 330 g/mol. The van der Waals surface area contributed by atoms with Crippen molar-refractivity contribution in [1.82, 2.24) is 14.8 Å². The molecular formula is C13H13BrClN3O. The number of nitrogens with zero attached hydrogens (tertiary/aromatic N) is 3. The Morgan fingerprint density at radius 2 is 2.21 bits per heavy atom. The van der Waals surface area contributed by atoms with Gasteiger partial charge in [0.1, 0.15) is 5.15 Å². The van der Waals surface area contributed by atoms with Gasteiger partial charge in [-0.05, 0) is 34.5 Å². The van der Waals surface area contributed by atoms with Gasteiger partial charge in [0, 0.05) is 18.8 Å². The fourth-order valence-corrected chi connectivity index (χ4v) is 2.68. The number of Topliss-reactive ketones (excluding diaryl/α,β-unsaturated/α-hetero) is 1. The SMILES string of the molecule is CCc1nn(C)c(CC(=O)c2ccc(Cl)nc2)c1Br. The molecule has 0 spiro atoms. The summed E-state index contributed by atoms with van der Waals surface area (Å²) in [6, 6.07) is 3.30. The molecule has 0 bridgehead atoms. The summed E-state index contributed by atoms with van der Waals surface area (Å²) in [5.41, 5.74) is 2.38. The zero-order valence-corrected chi connectivity index (χ0v) is 13.0. The number of carbonyl (C=O) groups is 1.